The Morgan fingerprint density at radius 2 is 2.12 bits per heavy atom. The van der Waals surface area contributed by atoms with Gasteiger partial charge in [-0.1, -0.05) is 11.6 Å². The van der Waals surface area contributed by atoms with Crippen LogP contribution in [0.5, 0.6) is 0 Å². The van der Waals surface area contributed by atoms with Crippen molar-refractivity contribution in [3.8, 4) is 0 Å². The molecule has 0 aliphatic heterocycles. The molecule has 0 amide bonds. The summed E-state index contributed by atoms with van der Waals surface area (Å²) in [5.74, 6) is -0.403. The predicted molar refractivity (Wildman–Crippen MR) is 65.5 cm³/mol. The number of esters is 1. The van der Waals surface area contributed by atoms with Crippen molar-refractivity contribution in [2.75, 3.05) is 6.61 Å². The highest BCUT2D eigenvalue weighted by atomic mass is 35.5. The highest BCUT2D eigenvalue weighted by molar-refractivity contribution is 6.35. The Morgan fingerprint density at radius 1 is 1.35 bits per heavy atom. The summed E-state index contributed by atoms with van der Waals surface area (Å²) in [6.45, 7) is 2.07. The topological polar surface area (TPSA) is 52.1 Å². The molecule has 88 valence electrons. The Kier molecular flexibility index (Phi) is 3.45. The third kappa shape index (κ3) is 2.48. The SMILES string of the molecule is CCOC(=O)c1ccc2c(Cl)nc(Cl)nc2c1. The maximum atomic E-state index is 11.5. The molecule has 0 saturated heterocycles. The standard InChI is InChI=1S/C11H8Cl2N2O2/c1-2-17-10(16)6-3-4-7-8(5-6)14-11(13)15-9(7)12/h3-5H,2H2,1H3. The third-order valence-electron chi connectivity index (χ3n) is 2.13. The van der Waals surface area contributed by atoms with Gasteiger partial charge in [0.15, 0.2) is 0 Å². The van der Waals surface area contributed by atoms with Crippen LogP contribution in [0.4, 0.5) is 0 Å². The average Bonchev–Trinajstić information content (AvgIpc) is 2.28. The first-order valence-corrected chi connectivity index (χ1v) is 5.67. The van der Waals surface area contributed by atoms with E-state index in [1.807, 2.05) is 0 Å². The zero-order valence-electron chi connectivity index (χ0n) is 8.91. The number of hydrogen-bond donors (Lipinski definition) is 0. The number of hydrogen-bond acceptors (Lipinski definition) is 4. The van der Waals surface area contributed by atoms with Crippen molar-refractivity contribution in [2.45, 2.75) is 6.92 Å². The first-order chi connectivity index (χ1) is 8.11. The molecule has 0 bridgehead atoms. The van der Waals surface area contributed by atoms with E-state index < -0.39 is 5.97 Å². The van der Waals surface area contributed by atoms with Crippen molar-refractivity contribution in [3.63, 3.8) is 0 Å². The summed E-state index contributed by atoms with van der Waals surface area (Å²) in [7, 11) is 0. The Hall–Kier alpha value is -1.39. The molecule has 1 heterocycles. The van der Waals surface area contributed by atoms with Gasteiger partial charge in [-0.3, -0.25) is 0 Å². The van der Waals surface area contributed by atoms with Gasteiger partial charge in [-0.05, 0) is 36.7 Å². The van der Waals surface area contributed by atoms with Crippen LogP contribution in [0.15, 0.2) is 18.2 Å². The zero-order chi connectivity index (χ0) is 12.4. The molecular weight excluding hydrogens is 263 g/mol. The average molecular weight is 271 g/mol. The summed E-state index contributed by atoms with van der Waals surface area (Å²) < 4.78 is 4.89. The van der Waals surface area contributed by atoms with Gasteiger partial charge in [-0.2, -0.15) is 0 Å². The smallest absolute Gasteiger partial charge is 0.338 e. The number of benzene rings is 1. The number of carbonyl (C=O) groups excluding carboxylic acids is 1. The van der Waals surface area contributed by atoms with E-state index in [0.717, 1.165) is 0 Å². The lowest BCUT2D eigenvalue weighted by Crippen LogP contribution is -2.04. The van der Waals surface area contributed by atoms with Gasteiger partial charge in [-0.25, -0.2) is 14.8 Å². The van der Waals surface area contributed by atoms with E-state index >= 15 is 0 Å². The Bertz CT molecular complexity index is 587. The lowest BCUT2D eigenvalue weighted by atomic mass is 10.1. The molecule has 0 fully saturated rings. The van der Waals surface area contributed by atoms with Gasteiger partial charge >= 0.3 is 5.97 Å². The maximum absolute atomic E-state index is 11.5. The van der Waals surface area contributed by atoms with Gasteiger partial charge in [-0.15, -0.1) is 0 Å². The molecule has 2 rings (SSSR count). The van der Waals surface area contributed by atoms with E-state index in [1.165, 1.54) is 0 Å². The van der Waals surface area contributed by atoms with Gasteiger partial charge in [0.05, 0.1) is 17.7 Å². The van der Waals surface area contributed by atoms with Gasteiger partial charge in [0, 0.05) is 5.39 Å². The highest BCUT2D eigenvalue weighted by Crippen LogP contribution is 2.23. The summed E-state index contributed by atoms with van der Waals surface area (Å²) in [6.07, 6.45) is 0. The van der Waals surface area contributed by atoms with Gasteiger partial charge in [0.1, 0.15) is 5.15 Å². The van der Waals surface area contributed by atoms with Gasteiger partial charge in [0.25, 0.3) is 0 Å². The predicted octanol–water partition coefficient (Wildman–Crippen LogP) is 3.11. The largest absolute Gasteiger partial charge is 0.462 e. The van der Waals surface area contributed by atoms with Crippen molar-refractivity contribution in [2.24, 2.45) is 0 Å². The maximum Gasteiger partial charge on any atom is 0.338 e. The lowest BCUT2D eigenvalue weighted by Gasteiger charge is -2.04. The molecule has 0 atom stereocenters. The fourth-order valence-electron chi connectivity index (χ4n) is 1.41. The van der Waals surface area contributed by atoms with Crippen molar-refractivity contribution in [3.05, 3.63) is 34.2 Å². The number of nitrogens with zero attached hydrogens (tertiary/aromatic N) is 2. The fourth-order valence-corrected chi connectivity index (χ4v) is 1.86. The summed E-state index contributed by atoms with van der Waals surface area (Å²) in [5, 5.41) is 0.947. The second-order valence-electron chi connectivity index (χ2n) is 3.24. The molecular formula is C11H8Cl2N2O2. The van der Waals surface area contributed by atoms with Crippen molar-refractivity contribution in [1.29, 1.82) is 0 Å². The summed E-state index contributed by atoms with van der Waals surface area (Å²) in [4.78, 5) is 19.3. The number of halogens is 2. The molecule has 17 heavy (non-hydrogen) atoms. The number of fused-ring (bicyclic) bond motifs is 1. The van der Waals surface area contributed by atoms with Crippen molar-refractivity contribution >= 4 is 40.1 Å². The molecule has 0 saturated carbocycles. The van der Waals surface area contributed by atoms with E-state index in [4.69, 9.17) is 27.9 Å². The molecule has 0 aliphatic carbocycles. The molecule has 0 aliphatic rings. The second-order valence-corrected chi connectivity index (χ2v) is 3.93. The van der Waals surface area contributed by atoms with E-state index in [0.29, 0.717) is 23.1 Å². The first-order valence-electron chi connectivity index (χ1n) is 4.91. The zero-order valence-corrected chi connectivity index (χ0v) is 10.4. The highest BCUT2D eigenvalue weighted by Gasteiger charge is 2.10. The van der Waals surface area contributed by atoms with Crippen LogP contribution < -0.4 is 0 Å². The Morgan fingerprint density at radius 3 is 2.82 bits per heavy atom. The Labute approximate surface area is 108 Å². The molecule has 0 spiro atoms. The van der Waals surface area contributed by atoms with E-state index in [-0.39, 0.29) is 10.4 Å². The molecule has 1 aromatic heterocycles. The number of aromatic nitrogens is 2. The minimum Gasteiger partial charge on any atom is -0.462 e. The van der Waals surface area contributed by atoms with Crippen molar-refractivity contribution < 1.29 is 9.53 Å². The van der Waals surface area contributed by atoms with E-state index in [9.17, 15) is 4.79 Å². The first kappa shape index (κ1) is 12.1. The number of carbonyl (C=O) groups is 1. The normalized spacial score (nSPS) is 10.5. The van der Waals surface area contributed by atoms with Crippen LogP contribution in [-0.2, 0) is 4.74 Å². The third-order valence-corrected chi connectivity index (χ3v) is 2.59. The summed E-state index contributed by atoms with van der Waals surface area (Å²) in [6, 6.07) is 4.86. The van der Waals surface area contributed by atoms with Crippen LogP contribution in [0.1, 0.15) is 17.3 Å². The minimum atomic E-state index is -0.403. The van der Waals surface area contributed by atoms with Crippen LogP contribution >= 0.6 is 23.2 Å². The van der Waals surface area contributed by atoms with Crippen LogP contribution in [0.2, 0.25) is 10.4 Å². The van der Waals surface area contributed by atoms with E-state index in [2.05, 4.69) is 9.97 Å². The molecule has 0 unspecified atom stereocenters. The van der Waals surface area contributed by atoms with Gasteiger partial charge in [0.2, 0.25) is 5.28 Å². The number of rotatable bonds is 2. The molecule has 6 heteroatoms. The van der Waals surface area contributed by atoms with Crippen molar-refractivity contribution in [1.82, 2.24) is 9.97 Å². The summed E-state index contributed by atoms with van der Waals surface area (Å²) >= 11 is 11.6. The van der Waals surface area contributed by atoms with Crippen LogP contribution in [-0.4, -0.2) is 22.5 Å². The quantitative estimate of drug-likeness (QED) is 0.478. The molecule has 1 aromatic carbocycles. The fraction of sp³-hybridized carbons (Fsp3) is 0.182. The van der Waals surface area contributed by atoms with Crippen LogP contribution in [0.3, 0.4) is 0 Å². The molecule has 0 N–H and O–H groups in total. The number of ether oxygens (including phenoxy) is 1. The van der Waals surface area contributed by atoms with E-state index in [1.54, 1.807) is 25.1 Å². The molecule has 0 radical (unpaired) electrons. The Balaban J connectivity index is 2.54. The minimum absolute atomic E-state index is 0.0449. The second kappa shape index (κ2) is 4.85. The lowest BCUT2D eigenvalue weighted by molar-refractivity contribution is 0.0526. The molecule has 4 nitrogen and oxygen atoms in total. The molecule has 2 aromatic rings. The monoisotopic (exact) mass is 270 g/mol. The summed E-state index contributed by atoms with van der Waals surface area (Å²) in [5.41, 5.74) is 0.922. The van der Waals surface area contributed by atoms with Crippen LogP contribution in [0, 0.1) is 0 Å². The van der Waals surface area contributed by atoms with Gasteiger partial charge < -0.3 is 4.74 Å². The van der Waals surface area contributed by atoms with Crippen LogP contribution in [0.25, 0.3) is 10.9 Å².